The van der Waals surface area contributed by atoms with Crippen LogP contribution in [0.1, 0.15) is 16.7 Å². The Morgan fingerprint density at radius 2 is 2.00 bits per heavy atom. The summed E-state index contributed by atoms with van der Waals surface area (Å²) in [7, 11) is 0. The highest BCUT2D eigenvalue weighted by Crippen LogP contribution is 2.25. The van der Waals surface area contributed by atoms with Crippen molar-refractivity contribution in [2.75, 3.05) is 13.1 Å². The summed E-state index contributed by atoms with van der Waals surface area (Å²) in [5.41, 5.74) is 9.49. The lowest BCUT2D eigenvalue weighted by atomic mass is 10.0. The van der Waals surface area contributed by atoms with Crippen molar-refractivity contribution in [3.8, 4) is 0 Å². The number of nitrogens with one attached hydrogen (secondary N) is 1. The normalized spacial score (nSPS) is 10.3. The van der Waals surface area contributed by atoms with Crippen molar-refractivity contribution in [2.24, 2.45) is 5.73 Å². The molecular weight excluding hydrogens is 264 g/mol. The zero-order chi connectivity index (χ0) is 13.1. The van der Waals surface area contributed by atoms with Gasteiger partial charge in [0.25, 0.3) is 0 Å². The minimum absolute atomic E-state index is 0. The number of benzene rings is 1. The van der Waals surface area contributed by atoms with Gasteiger partial charge < -0.3 is 15.5 Å². The van der Waals surface area contributed by atoms with E-state index in [4.69, 9.17) is 10.2 Å². The average Bonchev–Trinajstić information content (AvgIpc) is 2.70. The van der Waals surface area contributed by atoms with Crippen LogP contribution < -0.4 is 11.1 Å². The van der Waals surface area contributed by atoms with Crippen LogP contribution in [0, 0.1) is 13.8 Å². The summed E-state index contributed by atoms with van der Waals surface area (Å²) >= 11 is 0. The first-order valence-corrected chi connectivity index (χ1v) is 6.06. The maximum absolute atomic E-state index is 11.7. The Bertz CT molecular complexity index is 578. The number of nitrogens with two attached hydrogens (primary N) is 1. The van der Waals surface area contributed by atoms with E-state index >= 15 is 0 Å². The van der Waals surface area contributed by atoms with Crippen LogP contribution in [0.25, 0.3) is 11.0 Å². The predicted octanol–water partition coefficient (Wildman–Crippen LogP) is 2.09. The monoisotopic (exact) mass is 282 g/mol. The lowest BCUT2D eigenvalue weighted by Gasteiger charge is -2.03. The van der Waals surface area contributed by atoms with E-state index in [0.717, 1.165) is 16.5 Å². The standard InChI is InChI=1S/C14H18N2O2.ClH/c1-9-5-12-11(7-14(17)16-4-3-15)8-18-13(12)6-10(9)2;/h5-6,8H,3-4,7,15H2,1-2H3,(H,16,17);1H. The molecule has 0 bridgehead atoms. The Kier molecular flexibility index (Phi) is 5.39. The number of furan rings is 1. The number of carbonyl (C=O) groups is 1. The van der Waals surface area contributed by atoms with E-state index in [0.29, 0.717) is 19.5 Å². The smallest absolute Gasteiger partial charge is 0.224 e. The fourth-order valence-electron chi connectivity index (χ4n) is 1.92. The van der Waals surface area contributed by atoms with E-state index in [9.17, 15) is 4.79 Å². The molecule has 104 valence electrons. The molecule has 1 amide bonds. The molecule has 19 heavy (non-hydrogen) atoms. The van der Waals surface area contributed by atoms with Gasteiger partial charge in [-0.3, -0.25) is 4.79 Å². The maximum atomic E-state index is 11.7. The first kappa shape index (κ1) is 15.5. The average molecular weight is 283 g/mol. The maximum Gasteiger partial charge on any atom is 0.224 e. The van der Waals surface area contributed by atoms with Crippen LogP contribution in [0.15, 0.2) is 22.8 Å². The topological polar surface area (TPSA) is 68.3 Å². The number of rotatable bonds is 4. The molecule has 0 spiro atoms. The van der Waals surface area contributed by atoms with Gasteiger partial charge in [0.05, 0.1) is 12.7 Å². The van der Waals surface area contributed by atoms with E-state index in [1.807, 2.05) is 13.0 Å². The van der Waals surface area contributed by atoms with Gasteiger partial charge in [0, 0.05) is 24.0 Å². The van der Waals surface area contributed by atoms with Crippen LogP contribution in [0.5, 0.6) is 0 Å². The van der Waals surface area contributed by atoms with E-state index < -0.39 is 0 Å². The second kappa shape index (κ2) is 6.59. The molecule has 0 atom stereocenters. The predicted molar refractivity (Wildman–Crippen MR) is 78.7 cm³/mol. The van der Waals surface area contributed by atoms with Crippen LogP contribution in [-0.2, 0) is 11.2 Å². The zero-order valence-corrected chi connectivity index (χ0v) is 12.0. The molecule has 1 aromatic heterocycles. The Morgan fingerprint density at radius 1 is 1.32 bits per heavy atom. The Labute approximate surface area is 118 Å². The van der Waals surface area contributed by atoms with E-state index in [1.165, 1.54) is 11.1 Å². The molecule has 1 aromatic carbocycles. The molecule has 0 saturated carbocycles. The van der Waals surface area contributed by atoms with Gasteiger partial charge in [0.2, 0.25) is 5.91 Å². The number of amides is 1. The summed E-state index contributed by atoms with van der Waals surface area (Å²) in [5, 5.41) is 3.77. The lowest BCUT2D eigenvalue weighted by molar-refractivity contribution is -0.120. The van der Waals surface area contributed by atoms with Crippen LogP contribution in [0.3, 0.4) is 0 Å². The summed E-state index contributed by atoms with van der Waals surface area (Å²) in [6, 6.07) is 4.08. The largest absolute Gasteiger partial charge is 0.464 e. The fraction of sp³-hybridized carbons (Fsp3) is 0.357. The Hall–Kier alpha value is -1.52. The Morgan fingerprint density at radius 3 is 2.68 bits per heavy atom. The summed E-state index contributed by atoms with van der Waals surface area (Å²) in [6.07, 6.45) is 1.99. The number of hydrogen-bond acceptors (Lipinski definition) is 3. The highest BCUT2D eigenvalue weighted by Gasteiger charge is 2.11. The Balaban J connectivity index is 0.00000180. The summed E-state index contributed by atoms with van der Waals surface area (Å²) in [5.74, 6) is -0.0265. The first-order chi connectivity index (χ1) is 8.61. The molecule has 0 aliphatic heterocycles. The van der Waals surface area contributed by atoms with Crippen LogP contribution in [0.2, 0.25) is 0 Å². The highest BCUT2D eigenvalue weighted by molar-refractivity contribution is 5.88. The van der Waals surface area contributed by atoms with E-state index in [2.05, 4.69) is 18.3 Å². The third-order valence-electron chi connectivity index (χ3n) is 3.09. The molecule has 3 N–H and O–H groups in total. The molecule has 0 aliphatic carbocycles. The highest BCUT2D eigenvalue weighted by atomic mass is 35.5. The minimum atomic E-state index is -0.0265. The molecule has 0 fully saturated rings. The van der Waals surface area contributed by atoms with Gasteiger partial charge in [0.1, 0.15) is 5.58 Å². The zero-order valence-electron chi connectivity index (χ0n) is 11.2. The number of hydrogen-bond donors (Lipinski definition) is 2. The van der Waals surface area contributed by atoms with Gasteiger partial charge in [-0.15, -0.1) is 12.4 Å². The second-order valence-corrected chi connectivity index (χ2v) is 4.51. The van der Waals surface area contributed by atoms with Gasteiger partial charge in [-0.1, -0.05) is 0 Å². The summed E-state index contributed by atoms with van der Waals surface area (Å²) in [4.78, 5) is 11.7. The molecule has 4 nitrogen and oxygen atoms in total. The minimum Gasteiger partial charge on any atom is -0.464 e. The third kappa shape index (κ3) is 3.49. The molecular formula is C14H19ClN2O2. The van der Waals surface area contributed by atoms with Crippen molar-refractivity contribution in [3.05, 3.63) is 35.1 Å². The van der Waals surface area contributed by atoms with Gasteiger partial charge in [0.15, 0.2) is 0 Å². The van der Waals surface area contributed by atoms with Crippen LogP contribution >= 0.6 is 12.4 Å². The van der Waals surface area contributed by atoms with E-state index in [-0.39, 0.29) is 18.3 Å². The van der Waals surface area contributed by atoms with Gasteiger partial charge in [-0.2, -0.15) is 0 Å². The number of carbonyl (C=O) groups excluding carboxylic acids is 1. The van der Waals surface area contributed by atoms with Crippen molar-refractivity contribution >= 4 is 29.3 Å². The number of fused-ring (bicyclic) bond motifs is 1. The summed E-state index contributed by atoms with van der Waals surface area (Å²) < 4.78 is 5.49. The molecule has 0 radical (unpaired) electrons. The van der Waals surface area contributed by atoms with Crippen LogP contribution in [-0.4, -0.2) is 19.0 Å². The fourth-order valence-corrected chi connectivity index (χ4v) is 1.92. The van der Waals surface area contributed by atoms with Gasteiger partial charge >= 0.3 is 0 Å². The van der Waals surface area contributed by atoms with Crippen LogP contribution in [0.4, 0.5) is 0 Å². The number of halogens is 1. The lowest BCUT2D eigenvalue weighted by Crippen LogP contribution is -2.30. The molecule has 0 saturated heterocycles. The molecule has 0 unspecified atom stereocenters. The number of aryl methyl sites for hydroxylation is 2. The first-order valence-electron chi connectivity index (χ1n) is 6.06. The molecule has 5 heteroatoms. The van der Waals surface area contributed by atoms with E-state index in [1.54, 1.807) is 6.26 Å². The van der Waals surface area contributed by atoms with Gasteiger partial charge in [-0.05, 0) is 37.1 Å². The molecule has 0 aliphatic rings. The van der Waals surface area contributed by atoms with Crippen molar-refractivity contribution in [2.45, 2.75) is 20.3 Å². The second-order valence-electron chi connectivity index (χ2n) is 4.51. The van der Waals surface area contributed by atoms with Gasteiger partial charge in [-0.25, -0.2) is 0 Å². The third-order valence-corrected chi connectivity index (χ3v) is 3.09. The van der Waals surface area contributed by atoms with Crippen molar-refractivity contribution in [1.82, 2.24) is 5.32 Å². The molecule has 2 rings (SSSR count). The van der Waals surface area contributed by atoms with Crippen molar-refractivity contribution in [3.63, 3.8) is 0 Å². The van der Waals surface area contributed by atoms with Crippen molar-refractivity contribution in [1.29, 1.82) is 0 Å². The molecule has 2 aromatic rings. The van der Waals surface area contributed by atoms with Crippen molar-refractivity contribution < 1.29 is 9.21 Å². The molecule has 1 heterocycles. The summed E-state index contributed by atoms with van der Waals surface area (Å²) in [6.45, 7) is 5.06. The SMILES string of the molecule is Cc1cc2occ(CC(=O)NCCN)c2cc1C.Cl. The quantitative estimate of drug-likeness (QED) is 0.902.